The first kappa shape index (κ1) is 24.1. The summed E-state index contributed by atoms with van der Waals surface area (Å²) >= 11 is 0. The molecule has 7 nitrogen and oxygen atoms in total. The summed E-state index contributed by atoms with van der Waals surface area (Å²) < 4.78 is 38.8. The molecule has 33 heavy (non-hydrogen) atoms. The number of carbonyl (C=O) groups excluding carboxylic acids is 1. The average Bonchev–Trinajstić information content (AvgIpc) is 2.82. The molecule has 0 heterocycles. The highest BCUT2D eigenvalue weighted by atomic mass is 32.2. The second kappa shape index (κ2) is 10.9. The molecule has 0 saturated heterocycles. The molecule has 8 heteroatoms. The van der Waals surface area contributed by atoms with Gasteiger partial charge >= 0.3 is 0 Å². The second-order valence-corrected chi connectivity index (χ2v) is 9.35. The number of hydrogen-bond acceptors (Lipinski definition) is 5. The van der Waals surface area contributed by atoms with Gasteiger partial charge in [-0.3, -0.25) is 9.10 Å². The van der Waals surface area contributed by atoms with Gasteiger partial charge in [0.15, 0.2) is 0 Å². The Bertz CT molecular complexity index is 1180. The zero-order chi connectivity index (χ0) is 23.8. The Balaban J connectivity index is 1.71. The number of benzene rings is 3. The third kappa shape index (κ3) is 6.26. The Morgan fingerprint density at radius 3 is 2.30 bits per heavy atom. The van der Waals surface area contributed by atoms with Crippen molar-refractivity contribution in [2.75, 3.05) is 31.1 Å². The fraction of sp³-hybridized carbons (Fsp3) is 0.240. The monoisotopic (exact) mass is 468 g/mol. The Hall–Kier alpha value is -3.52. The van der Waals surface area contributed by atoms with Crippen molar-refractivity contribution < 1.29 is 22.7 Å². The van der Waals surface area contributed by atoms with Crippen LogP contribution in [0.1, 0.15) is 11.1 Å². The summed E-state index contributed by atoms with van der Waals surface area (Å²) in [6, 6.07) is 20.8. The molecule has 0 aliphatic carbocycles. The maximum atomic E-state index is 13.4. The van der Waals surface area contributed by atoms with E-state index in [1.807, 2.05) is 31.2 Å². The lowest BCUT2D eigenvalue weighted by atomic mass is 10.2. The molecule has 3 aromatic rings. The lowest BCUT2D eigenvalue weighted by molar-refractivity contribution is -0.119. The molecular weight excluding hydrogens is 440 g/mol. The number of nitrogens with zero attached hydrogens (tertiary/aromatic N) is 1. The summed E-state index contributed by atoms with van der Waals surface area (Å²) in [6.45, 7) is 3.92. The Labute approximate surface area is 195 Å². The molecule has 0 aliphatic heterocycles. The van der Waals surface area contributed by atoms with E-state index in [9.17, 15) is 13.2 Å². The van der Waals surface area contributed by atoms with E-state index in [0.717, 1.165) is 9.87 Å². The number of aryl methyl sites for hydroxylation is 2. The number of hydrogen-bond donors (Lipinski definition) is 1. The molecule has 174 valence electrons. The van der Waals surface area contributed by atoms with Crippen LogP contribution < -0.4 is 19.1 Å². The van der Waals surface area contributed by atoms with Crippen LogP contribution in [0.3, 0.4) is 0 Å². The number of methoxy groups -OCH3 is 1. The minimum Gasteiger partial charge on any atom is -0.496 e. The molecule has 0 saturated carbocycles. The third-order valence-corrected chi connectivity index (χ3v) is 6.77. The molecule has 1 N–H and O–H groups in total. The lowest BCUT2D eigenvalue weighted by Crippen LogP contribution is -2.41. The fourth-order valence-electron chi connectivity index (χ4n) is 3.23. The minimum absolute atomic E-state index is 0.0835. The number of para-hydroxylation sites is 1. The molecule has 0 aliphatic rings. The maximum absolute atomic E-state index is 13.4. The number of anilines is 1. The summed E-state index contributed by atoms with van der Waals surface area (Å²) in [5.74, 6) is 0.866. The van der Waals surface area contributed by atoms with Crippen molar-refractivity contribution in [3.05, 3.63) is 83.9 Å². The second-order valence-electron chi connectivity index (χ2n) is 7.49. The van der Waals surface area contributed by atoms with Crippen LogP contribution in [0.2, 0.25) is 0 Å². The zero-order valence-electron chi connectivity index (χ0n) is 18.9. The topological polar surface area (TPSA) is 84.9 Å². The molecule has 1 amide bonds. The number of nitrogens with one attached hydrogen (secondary N) is 1. The van der Waals surface area contributed by atoms with E-state index in [0.29, 0.717) is 22.7 Å². The van der Waals surface area contributed by atoms with Gasteiger partial charge < -0.3 is 14.8 Å². The first-order valence-electron chi connectivity index (χ1n) is 10.5. The van der Waals surface area contributed by atoms with E-state index in [2.05, 4.69) is 5.32 Å². The van der Waals surface area contributed by atoms with Crippen molar-refractivity contribution in [3.8, 4) is 11.5 Å². The quantitative estimate of drug-likeness (QED) is 0.459. The SMILES string of the molecule is COc1ccc(S(=O)(=O)N(CC(=O)NCCOc2ccc(C)cc2)c2ccccc2)cc1C. The molecule has 0 aromatic heterocycles. The number of carbonyl (C=O) groups is 1. The standard InChI is InChI=1S/C25H28N2O5S/c1-19-9-11-22(12-10-19)32-16-15-26-25(28)18-27(21-7-5-4-6-8-21)33(29,30)23-13-14-24(31-3)20(2)17-23/h4-14,17H,15-16,18H2,1-3H3,(H,26,28). The number of rotatable bonds is 10. The van der Waals surface area contributed by atoms with Crippen LogP contribution in [0.25, 0.3) is 0 Å². The molecule has 0 fully saturated rings. The number of amides is 1. The molecule has 3 aromatic carbocycles. The van der Waals surface area contributed by atoms with Crippen molar-refractivity contribution >= 4 is 21.6 Å². The van der Waals surface area contributed by atoms with Gasteiger partial charge in [-0.15, -0.1) is 0 Å². The van der Waals surface area contributed by atoms with Crippen LogP contribution in [0, 0.1) is 13.8 Å². The van der Waals surface area contributed by atoms with Crippen molar-refractivity contribution in [1.82, 2.24) is 5.32 Å². The third-order valence-electron chi connectivity index (χ3n) is 5.00. The van der Waals surface area contributed by atoms with Crippen molar-refractivity contribution in [2.24, 2.45) is 0 Å². The highest BCUT2D eigenvalue weighted by Gasteiger charge is 2.27. The van der Waals surface area contributed by atoms with Crippen LogP contribution in [-0.4, -0.2) is 41.1 Å². The van der Waals surface area contributed by atoms with E-state index in [1.165, 1.54) is 19.2 Å². The van der Waals surface area contributed by atoms with E-state index in [4.69, 9.17) is 9.47 Å². The number of sulfonamides is 1. The molecule has 0 radical (unpaired) electrons. The van der Waals surface area contributed by atoms with Crippen molar-refractivity contribution in [3.63, 3.8) is 0 Å². The van der Waals surface area contributed by atoms with Gasteiger partial charge in [-0.25, -0.2) is 8.42 Å². The Kier molecular flexibility index (Phi) is 7.95. The molecule has 0 unspecified atom stereocenters. The first-order chi connectivity index (χ1) is 15.8. The summed E-state index contributed by atoms with van der Waals surface area (Å²) in [4.78, 5) is 12.7. The van der Waals surface area contributed by atoms with Gasteiger partial charge in [0.1, 0.15) is 24.7 Å². The normalized spacial score (nSPS) is 11.0. The summed E-state index contributed by atoms with van der Waals surface area (Å²) in [6.07, 6.45) is 0. The fourth-order valence-corrected chi connectivity index (χ4v) is 4.73. The van der Waals surface area contributed by atoms with Crippen LogP contribution in [0.4, 0.5) is 5.69 Å². The van der Waals surface area contributed by atoms with Gasteiger partial charge in [-0.05, 0) is 61.9 Å². The smallest absolute Gasteiger partial charge is 0.264 e. The maximum Gasteiger partial charge on any atom is 0.264 e. The lowest BCUT2D eigenvalue weighted by Gasteiger charge is -2.24. The molecule has 0 spiro atoms. The van der Waals surface area contributed by atoms with Crippen LogP contribution in [-0.2, 0) is 14.8 Å². The molecule has 0 bridgehead atoms. The highest BCUT2D eigenvalue weighted by molar-refractivity contribution is 7.92. The Morgan fingerprint density at radius 2 is 1.67 bits per heavy atom. The van der Waals surface area contributed by atoms with Gasteiger partial charge in [0, 0.05) is 0 Å². The van der Waals surface area contributed by atoms with Gasteiger partial charge in [0.2, 0.25) is 5.91 Å². The highest BCUT2D eigenvalue weighted by Crippen LogP contribution is 2.27. The molecule has 3 rings (SSSR count). The van der Waals surface area contributed by atoms with Gasteiger partial charge in [-0.1, -0.05) is 35.9 Å². The predicted octanol–water partition coefficient (Wildman–Crippen LogP) is 3.70. The van der Waals surface area contributed by atoms with Crippen LogP contribution in [0.15, 0.2) is 77.7 Å². The summed E-state index contributed by atoms with van der Waals surface area (Å²) in [7, 11) is -2.46. The van der Waals surface area contributed by atoms with Gasteiger partial charge in [0.05, 0.1) is 24.2 Å². The van der Waals surface area contributed by atoms with Crippen molar-refractivity contribution in [2.45, 2.75) is 18.7 Å². The van der Waals surface area contributed by atoms with E-state index in [-0.39, 0.29) is 24.6 Å². The van der Waals surface area contributed by atoms with E-state index < -0.39 is 15.9 Å². The van der Waals surface area contributed by atoms with E-state index >= 15 is 0 Å². The van der Waals surface area contributed by atoms with Gasteiger partial charge in [0.25, 0.3) is 10.0 Å². The van der Waals surface area contributed by atoms with Gasteiger partial charge in [-0.2, -0.15) is 0 Å². The zero-order valence-corrected chi connectivity index (χ0v) is 19.8. The molecule has 0 atom stereocenters. The average molecular weight is 469 g/mol. The minimum atomic E-state index is -3.99. The van der Waals surface area contributed by atoms with E-state index in [1.54, 1.807) is 43.3 Å². The van der Waals surface area contributed by atoms with Crippen molar-refractivity contribution in [1.29, 1.82) is 0 Å². The summed E-state index contributed by atoms with van der Waals surface area (Å²) in [5.41, 5.74) is 2.21. The van der Waals surface area contributed by atoms with Crippen LogP contribution in [0.5, 0.6) is 11.5 Å². The van der Waals surface area contributed by atoms with Crippen LogP contribution >= 0.6 is 0 Å². The largest absolute Gasteiger partial charge is 0.496 e. The predicted molar refractivity (Wildman–Crippen MR) is 128 cm³/mol. The Morgan fingerprint density at radius 1 is 0.970 bits per heavy atom. The number of ether oxygens (including phenoxy) is 2. The first-order valence-corrected chi connectivity index (χ1v) is 11.9. The molecular formula is C25H28N2O5S. The summed E-state index contributed by atoms with van der Waals surface area (Å²) in [5, 5.41) is 2.73.